The zero-order chi connectivity index (χ0) is 17.1. The Kier molecular flexibility index (Phi) is 4.29. The summed E-state index contributed by atoms with van der Waals surface area (Å²) in [5.74, 6) is -0.157. The predicted molar refractivity (Wildman–Crippen MR) is 86.6 cm³/mol. The second kappa shape index (κ2) is 6.54. The maximum absolute atomic E-state index is 13.7. The molecule has 0 amide bonds. The summed E-state index contributed by atoms with van der Waals surface area (Å²) in [4.78, 5) is 16.2. The van der Waals surface area contributed by atoms with Crippen LogP contribution >= 0.6 is 0 Å². The van der Waals surface area contributed by atoms with E-state index in [0.717, 1.165) is 0 Å². The molecule has 5 nitrogen and oxygen atoms in total. The molecule has 0 unspecified atom stereocenters. The number of hydrogen-bond donors (Lipinski definition) is 0. The van der Waals surface area contributed by atoms with Crippen LogP contribution in [-0.4, -0.2) is 26.1 Å². The van der Waals surface area contributed by atoms with Gasteiger partial charge >= 0.3 is 5.97 Å². The van der Waals surface area contributed by atoms with Crippen molar-refractivity contribution in [2.45, 2.75) is 0 Å². The molecule has 0 atom stereocenters. The Bertz CT molecular complexity index is 836. The van der Waals surface area contributed by atoms with Gasteiger partial charge in [0.15, 0.2) is 5.70 Å². The SMILES string of the molecule is COc1cccc(OC)c1C1=N/C(=C\c2ccccc2F)C(=O)O1. The number of aliphatic imine (C=N–C) groups is 1. The number of benzene rings is 2. The summed E-state index contributed by atoms with van der Waals surface area (Å²) in [7, 11) is 2.98. The van der Waals surface area contributed by atoms with Gasteiger partial charge < -0.3 is 14.2 Å². The Labute approximate surface area is 138 Å². The fourth-order valence-corrected chi connectivity index (χ4v) is 2.32. The molecule has 0 radical (unpaired) electrons. The second-order valence-corrected chi connectivity index (χ2v) is 4.90. The molecule has 0 saturated carbocycles. The molecule has 0 bridgehead atoms. The zero-order valence-electron chi connectivity index (χ0n) is 13.1. The molecule has 0 N–H and O–H groups in total. The van der Waals surface area contributed by atoms with Gasteiger partial charge in [-0.15, -0.1) is 0 Å². The van der Waals surface area contributed by atoms with E-state index in [9.17, 15) is 9.18 Å². The number of esters is 1. The topological polar surface area (TPSA) is 57.1 Å². The highest BCUT2D eigenvalue weighted by Gasteiger charge is 2.29. The summed E-state index contributed by atoms with van der Waals surface area (Å²) < 4.78 is 29.5. The van der Waals surface area contributed by atoms with E-state index in [2.05, 4.69) is 4.99 Å². The van der Waals surface area contributed by atoms with Gasteiger partial charge in [0.2, 0.25) is 5.90 Å². The second-order valence-electron chi connectivity index (χ2n) is 4.90. The van der Waals surface area contributed by atoms with E-state index in [1.165, 1.54) is 26.4 Å². The van der Waals surface area contributed by atoms with Crippen LogP contribution in [-0.2, 0) is 9.53 Å². The third-order valence-electron chi connectivity index (χ3n) is 3.46. The van der Waals surface area contributed by atoms with Crippen LogP contribution in [0.25, 0.3) is 6.08 Å². The van der Waals surface area contributed by atoms with Crippen LogP contribution in [0.3, 0.4) is 0 Å². The molecule has 0 saturated heterocycles. The van der Waals surface area contributed by atoms with Crippen LogP contribution < -0.4 is 9.47 Å². The molecule has 6 heteroatoms. The molecule has 1 heterocycles. The number of hydrogen-bond acceptors (Lipinski definition) is 5. The van der Waals surface area contributed by atoms with Crippen LogP contribution in [0.1, 0.15) is 11.1 Å². The lowest BCUT2D eigenvalue weighted by molar-refractivity contribution is -0.129. The number of ether oxygens (including phenoxy) is 3. The summed E-state index contributed by atoms with van der Waals surface area (Å²) >= 11 is 0. The molecular weight excluding hydrogens is 313 g/mol. The van der Waals surface area contributed by atoms with Crippen molar-refractivity contribution in [2.24, 2.45) is 4.99 Å². The lowest BCUT2D eigenvalue weighted by atomic mass is 10.1. The largest absolute Gasteiger partial charge is 0.496 e. The van der Waals surface area contributed by atoms with Crippen molar-refractivity contribution in [3.8, 4) is 11.5 Å². The lowest BCUT2D eigenvalue weighted by Crippen LogP contribution is -2.09. The lowest BCUT2D eigenvalue weighted by Gasteiger charge is -2.11. The minimum Gasteiger partial charge on any atom is -0.496 e. The van der Waals surface area contributed by atoms with Gasteiger partial charge in [0.1, 0.15) is 22.9 Å². The first-order valence-corrected chi connectivity index (χ1v) is 7.12. The first kappa shape index (κ1) is 15.7. The minimum absolute atomic E-state index is 0.00283. The summed E-state index contributed by atoms with van der Waals surface area (Å²) in [6, 6.07) is 11.2. The van der Waals surface area contributed by atoms with Gasteiger partial charge in [-0.3, -0.25) is 0 Å². The third-order valence-corrected chi connectivity index (χ3v) is 3.46. The minimum atomic E-state index is -0.666. The zero-order valence-corrected chi connectivity index (χ0v) is 13.1. The molecule has 3 rings (SSSR count). The number of methoxy groups -OCH3 is 2. The Hall–Kier alpha value is -3.15. The van der Waals surface area contributed by atoms with E-state index >= 15 is 0 Å². The number of carbonyl (C=O) groups excluding carboxylic acids is 1. The van der Waals surface area contributed by atoms with Gasteiger partial charge in [-0.2, -0.15) is 0 Å². The highest BCUT2D eigenvalue weighted by atomic mass is 19.1. The number of halogens is 1. The Morgan fingerprint density at radius 2 is 1.71 bits per heavy atom. The van der Waals surface area contributed by atoms with Gasteiger partial charge in [-0.25, -0.2) is 14.2 Å². The quantitative estimate of drug-likeness (QED) is 0.639. The van der Waals surface area contributed by atoms with Crippen molar-refractivity contribution >= 4 is 17.9 Å². The summed E-state index contributed by atoms with van der Waals surface area (Å²) in [5, 5.41) is 0. The van der Waals surface area contributed by atoms with Gasteiger partial charge in [-0.1, -0.05) is 24.3 Å². The smallest absolute Gasteiger partial charge is 0.363 e. The van der Waals surface area contributed by atoms with Crippen molar-refractivity contribution < 1.29 is 23.4 Å². The molecule has 122 valence electrons. The van der Waals surface area contributed by atoms with Crippen molar-refractivity contribution in [3.05, 3.63) is 65.1 Å². The molecular formula is C18H14FNO4. The molecule has 0 aliphatic carbocycles. The molecule has 2 aromatic rings. The van der Waals surface area contributed by atoms with E-state index in [1.54, 1.807) is 36.4 Å². The fourth-order valence-electron chi connectivity index (χ4n) is 2.32. The van der Waals surface area contributed by atoms with Crippen molar-refractivity contribution in [1.29, 1.82) is 0 Å². The molecule has 0 aromatic heterocycles. The third kappa shape index (κ3) is 2.86. The van der Waals surface area contributed by atoms with E-state index in [-0.39, 0.29) is 17.2 Å². The Balaban J connectivity index is 2.06. The number of rotatable bonds is 4. The van der Waals surface area contributed by atoms with Crippen LogP contribution in [0.5, 0.6) is 11.5 Å². The average Bonchev–Trinajstić information content (AvgIpc) is 2.96. The number of nitrogens with zero attached hydrogens (tertiary/aromatic N) is 1. The van der Waals surface area contributed by atoms with E-state index in [4.69, 9.17) is 14.2 Å². The Morgan fingerprint density at radius 3 is 2.33 bits per heavy atom. The first-order chi connectivity index (χ1) is 11.6. The van der Waals surface area contributed by atoms with E-state index in [0.29, 0.717) is 17.1 Å². The molecule has 1 aliphatic heterocycles. The molecule has 2 aromatic carbocycles. The van der Waals surface area contributed by atoms with Gasteiger partial charge in [-0.05, 0) is 24.3 Å². The van der Waals surface area contributed by atoms with Crippen LogP contribution in [0.4, 0.5) is 4.39 Å². The summed E-state index contributed by atoms with van der Waals surface area (Å²) in [6.45, 7) is 0. The number of cyclic esters (lactones) is 1. The molecule has 0 fully saturated rings. The standard InChI is InChI=1S/C18H14FNO4/c1-22-14-8-5-9-15(23-2)16(14)17-20-13(18(21)24-17)10-11-6-3-4-7-12(11)19/h3-10H,1-2H3/b13-10-. The fraction of sp³-hybridized carbons (Fsp3) is 0.111. The van der Waals surface area contributed by atoms with E-state index < -0.39 is 11.8 Å². The van der Waals surface area contributed by atoms with Crippen LogP contribution in [0, 0.1) is 5.82 Å². The van der Waals surface area contributed by atoms with Gasteiger partial charge in [0.25, 0.3) is 0 Å². The first-order valence-electron chi connectivity index (χ1n) is 7.12. The molecule has 24 heavy (non-hydrogen) atoms. The van der Waals surface area contributed by atoms with Crippen molar-refractivity contribution in [3.63, 3.8) is 0 Å². The summed E-state index contributed by atoms with van der Waals surface area (Å²) in [5.41, 5.74) is 0.678. The molecule has 1 aliphatic rings. The van der Waals surface area contributed by atoms with E-state index in [1.807, 2.05) is 0 Å². The van der Waals surface area contributed by atoms with Gasteiger partial charge in [0.05, 0.1) is 14.2 Å². The highest BCUT2D eigenvalue weighted by molar-refractivity contribution is 6.14. The normalized spacial score (nSPS) is 15.2. The van der Waals surface area contributed by atoms with Crippen LogP contribution in [0.15, 0.2) is 53.2 Å². The highest BCUT2D eigenvalue weighted by Crippen LogP contribution is 2.32. The van der Waals surface area contributed by atoms with Crippen molar-refractivity contribution in [1.82, 2.24) is 0 Å². The predicted octanol–water partition coefficient (Wildman–Crippen LogP) is 3.19. The Morgan fingerprint density at radius 1 is 1.04 bits per heavy atom. The monoisotopic (exact) mass is 327 g/mol. The van der Waals surface area contributed by atoms with Crippen LogP contribution in [0.2, 0.25) is 0 Å². The summed E-state index contributed by atoms with van der Waals surface area (Å²) in [6.07, 6.45) is 1.34. The van der Waals surface area contributed by atoms with Gasteiger partial charge in [0, 0.05) is 5.56 Å². The average molecular weight is 327 g/mol. The number of carbonyl (C=O) groups is 1. The maximum atomic E-state index is 13.7. The maximum Gasteiger partial charge on any atom is 0.363 e. The molecule has 0 spiro atoms. The van der Waals surface area contributed by atoms with Crippen molar-refractivity contribution in [2.75, 3.05) is 14.2 Å².